The van der Waals surface area contributed by atoms with Gasteiger partial charge in [-0.2, -0.15) is 18.2 Å². The molecule has 2 nitrogen and oxygen atoms in total. The Morgan fingerprint density at radius 2 is 1.81 bits per heavy atom. The summed E-state index contributed by atoms with van der Waals surface area (Å²) in [5.41, 5.74) is 0. The van der Waals surface area contributed by atoms with Crippen molar-refractivity contribution < 1.29 is 47.6 Å². The fourth-order valence-corrected chi connectivity index (χ4v) is 1.21. The summed E-state index contributed by atoms with van der Waals surface area (Å²) in [6.45, 7) is 0.771. The molecule has 0 aliphatic carbocycles. The van der Waals surface area contributed by atoms with Crippen LogP contribution in [0.3, 0.4) is 0 Å². The maximum atomic E-state index is 10.1. The Kier molecular flexibility index (Phi) is 15.3. The van der Waals surface area contributed by atoms with Crippen molar-refractivity contribution in [1.29, 1.82) is 0 Å². The maximum Gasteiger partial charge on any atom is 1.00 e. The van der Waals surface area contributed by atoms with Gasteiger partial charge in [0.2, 0.25) is 0 Å². The minimum absolute atomic E-state index is 0. The van der Waals surface area contributed by atoms with Crippen molar-refractivity contribution in [2.24, 2.45) is 0 Å². The van der Waals surface area contributed by atoms with E-state index in [1.54, 1.807) is 0 Å². The number of para-hydroxylation sites is 1. The fourth-order valence-electron chi connectivity index (χ4n) is 1.21. The number of unbranched alkanes of at least 4 members (excludes halogenated alkanes) is 3. The first-order valence-electron chi connectivity index (χ1n) is 5.11. The van der Waals surface area contributed by atoms with Crippen LogP contribution >= 0.6 is 0 Å². The Morgan fingerprint density at radius 3 is 2.44 bits per heavy atom. The van der Waals surface area contributed by atoms with Gasteiger partial charge >= 0.3 is 37.7 Å². The van der Waals surface area contributed by atoms with Gasteiger partial charge in [0.25, 0.3) is 0 Å². The van der Waals surface area contributed by atoms with Gasteiger partial charge < -0.3 is 9.84 Å². The van der Waals surface area contributed by atoms with Crippen LogP contribution in [0, 0.1) is 6.07 Å². The predicted octanol–water partition coefficient (Wildman–Crippen LogP) is -4.21. The largest absolute Gasteiger partial charge is 1.00 e. The Morgan fingerprint density at radius 1 is 1.06 bits per heavy atom. The van der Waals surface area contributed by atoms with E-state index in [-0.39, 0.29) is 44.3 Å². The van der Waals surface area contributed by atoms with Gasteiger partial charge in [-0.3, -0.25) is 0 Å². The molecule has 0 fully saturated rings. The molecule has 4 heteroatoms. The standard InChI is InChI=1S/C12H16O2.2Li/c13-10-6-1-2-7-11-14-12-8-4-3-5-9-12;;/h3-5,8H,1-2,6-7,10-11H2;;/q-2;2*+1. The van der Waals surface area contributed by atoms with E-state index in [9.17, 15) is 5.11 Å². The summed E-state index contributed by atoms with van der Waals surface area (Å²) in [7, 11) is 0. The van der Waals surface area contributed by atoms with Crippen LogP contribution < -0.4 is 47.6 Å². The monoisotopic (exact) mass is 206 g/mol. The minimum Gasteiger partial charge on any atom is -0.854 e. The Labute approximate surface area is 122 Å². The van der Waals surface area contributed by atoms with E-state index in [1.807, 2.05) is 24.3 Å². The van der Waals surface area contributed by atoms with E-state index in [2.05, 4.69) is 6.07 Å². The van der Waals surface area contributed by atoms with Crippen molar-refractivity contribution in [3.63, 3.8) is 0 Å². The number of ether oxygens (including phenoxy) is 1. The third-order valence-electron chi connectivity index (χ3n) is 1.98. The number of rotatable bonds is 7. The van der Waals surface area contributed by atoms with Crippen LogP contribution in [0.15, 0.2) is 24.3 Å². The van der Waals surface area contributed by atoms with E-state index < -0.39 is 0 Å². The fraction of sp³-hybridized carbons (Fsp3) is 0.500. The molecule has 0 aliphatic heterocycles. The topological polar surface area (TPSA) is 32.3 Å². The number of hydrogen-bond acceptors (Lipinski definition) is 2. The quantitative estimate of drug-likeness (QED) is 0.257. The Balaban J connectivity index is 0. The maximum absolute atomic E-state index is 10.1. The molecule has 0 heterocycles. The average molecular weight is 206 g/mol. The molecule has 0 saturated carbocycles. The van der Waals surface area contributed by atoms with Gasteiger partial charge in [0.1, 0.15) is 0 Å². The molecule has 0 spiro atoms. The number of hydrogen-bond donors (Lipinski definition) is 0. The molecular formula is C12H16Li2O2. The van der Waals surface area contributed by atoms with Gasteiger partial charge in [0.05, 0.1) is 6.61 Å². The van der Waals surface area contributed by atoms with Crippen molar-refractivity contribution in [3.05, 3.63) is 30.3 Å². The molecule has 0 aliphatic rings. The summed E-state index contributed by atoms with van der Waals surface area (Å²) in [6, 6.07) is 10.6. The molecule has 0 aromatic heterocycles. The van der Waals surface area contributed by atoms with Gasteiger partial charge in [0.15, 0.2) is 0 Å². The molecule has 0 radical (unpaired) electrons. The molecule has 0 amide bonds. The zero-order valence-corrected chi connectivity index (χ0v) is 10.4. The van der Waals surface area contributed by atoms with Crippen LogP contribution in [0.1, 0.15) is 25.7 Å². The van der Waals surface area contributed by atoms with Crippen molar-refractivity contribution in [1.82, 2.24) is 0 Å². The van der Waals surface area contributed by atoms with Crippen LogP contribution in [-0.2, 0) is 0 Å². The van der Waals surface area contributed by atoms with Crippen molar-refractivity contribution in [2.75, 3.05) is 13.2 Å². The van der Waals surface area contributed by atoms with Gasteiger partial charge in [0, 0.05) is 5.75 Å². The van der Waals surface area contributed by atoms with E-state index in [4.69, 9.17) is 4.74 Å². The van der Waals surface area contributed by atoms with E-state index in [0.29, 0.717) is 0 Å². The summed E-state index contributed by atoms with van der Waals surface area (Å²) in [5.74, 6) is 0.802. The van der Waals surface area contributed by atoms with Crippen LogP contribution in [0.25, 0.3) is 0 Å². The van der Waals surface area contributed by atoms with Crippen LogP contribution in [0.2, 0.25) is 0 Å². The van der Waals surface area contributed by atoms with E-state index in [1.165, 1.54) is 0 Å². The Bertz CT molecular complexity index is 230. The van der Waals surface area contributed by atoms with Gasteiger partial charge in [-0.25, -0.2) is 0 Å². The average Bonchev–Trinajstić information content (AvgIpc) is 2.25. The third-order valence-corrected chi connectivity index (χ3v) is 1.98. The van der Waals surface area contributed by atoms with Gasteiger partial charge in [-0.15, -0.1) is 18.7 Å². The van der Waals surface area contributed by atoms with Crippen molar-refractivity contribution in [2.45, 2.75) is 25.7 Å². The summed E-state index contributed by atoms with van der Waals surface area (Å²) in [4.78, 5) is 0. The second-order valence-corrected chi connectivity index (χ2v) is 3.19. The third kappa shape index (κ3) is 9.40. The summed E-state index contributed by atoms with van der Waals surface area (Å²) in [6.07, 6.45) is 3.90. The zero-order chi connectivity index (χ0) is 10.1. The summed E-state index contributed by atoms with van der Waals surface area (Å²) < 4.78 is 5.45. The Hall–Kier alpha value is 0.175. The number of benzene rings is 1. The van der Waals surface area contributed by atoms with Crippen LogP contribution in [-0.4, -0.2) is 13.2 Å². The zero-order valence-electron chi connectivity index (χ0n) is 10.4. The molecule has 0 N–H and O–H groups in total. The molecular weight excluding hydrogens is 190 g/mol. The van der Waals surface area contributed by atoms with E-state index in [0.717, 1.165) is 38.0 Å². The predicted molar refractivity (Wildman–Crippen MR) is 54.1 cm³/mol. The van der Waals surface area contributed by atoms with E-state index >= 15 is 0 Å². The molecule has 0 atom stereocenters. The smallest absolute Gasteiger partial charge is 0.854 e. The molecule has 0 unspecified atom stereocenters. The summed E-state index contributed by atoms with van der Waals surface area (Å²) >= 11 is 0. The molecule has 0 saturated heterocycles. The molecule has 78 valence electrons. The second-order valence-electron chi connectivity index (χ2n) is 3.19. The van der Waals surface area contributed by atoms with Gasteiger partial charge in [-0.05, 0) is 6.42 Å². The van der Waals surface area contributed by atoms with Crippen LogP contribution in [0.5, 0.6) is 5.75 Å². The van der Waals surface area contributed by atoms with Crippen molar-refractivity contribution in [3.8, 4) is 5.75 Å². The summed E-state index contributed by atoms with van der Waals surface area (Å²) in [5, 5.41) is 10.1. The molecule has 1 aromatic rings. The molecule has 0 bridgehead atoms. The SMILES string of the molecule is [Li+].[Li+].[O-]CCCCCCOc1[c-]cccc1. The van der Waals surface area contributed by atoms with Gasteiger partial charge in [-0.1, -0.05) is 19.3 Å². The normalized spacial score (nSPS) is 8.81. The minimum atomic E-state index is 0. The van der Waals surface area contributed by atoms with Crippen molar-refractivity contribution >= 4 is 0 Å². The molecule has 1 rings (SSSR count). The molecule has 16 heavy (non-hydrogen) atoms. The molecule has 1 aromatic carbocycles. The first kappa shape index (κ1) is 18.5. The first-order valence-corrected chi connectivity index (χ1v) is 5.11. The first-order chi connectivity index (χ1) is 6.93. The second kappa shape index (κ2) is 13.2. The van der Waals surface area contributed by atoms with Crippen LogP contribution in [0.4, 0.5) is 0 Å².